The predicted octanol–water partition coefficient (Wildman–Crippen LogP) is 3.07. The van der Waals surface area contributed by atoms with Crippen molar-refractivity contribution in [2.45, 2.75) is 59.6 Å². The summed E-state index contributed by atoms with van der Waals surface area (Å²) in [5.41, 5.74) is 0.212. The van der Waals surface area contributed by atoms with Gasteiger partial charge in [0, 0.05) is 12.6 Å². The maximum atomic E-state index is 5.33. The molecular weight excluding hydrogens is 186 g/mol. The van der Waals surface area contributed by atoms with E-state index in [0.717, 1.165) is 13.0 Å². The molecule has 0 aliphatic heterocycles. The summed E-state index contributed by atoms with van der Waals surface area (Å²) >= 11 is 0. The quantitative estimate of drug-likeness (QED) is 0.735. The van der Waals surface area contributed by atoms with Crippen LogP contribution in [0.3, 0.4) is 0 Å². The molecule has 15 heavy (non-hydrogen) atoms. The van der Waals surface area contributed by atoms with Gasteiger partial charge in [-0.3, -0.25) is 0 Å². The van der Waals surface area contributed by atoms with Crippen molar-refractivity contribution in [3.8, 4) is 0 Å². The highest BCUT2D eigenvalue weighted by Gasteiger charge is 2.19. The fourth-order valence-corrected chi connectivity index (χ4v) is 1.55. The maximum absolute atomic E-state index is 5.33. The van der Waals surface area contributed by atoms with Gasteiger partial charge in [-0.2, -0.15) is 0 Å². The van der Waals surface area contributed by atoms with E-state index in [9.17, 15) is 0 Å². The molecule has 2 unspecified atom stereocenters. The van der Waals surface area contributed by atoms with Crippen molar-refractivity contribution in [2.75, 3.05) is 13.7 Å². The Hall–Kier alpha value is -0.0800. The Labute approximate surface area is 95.8 Å². The van der Waals surface area contributed by atoms with E-state index in [1.54, 1.807) is 7.11 Å². The standard InChI is InChI=1S/C13H29NO/c1-10(2)12(8-11(3)15-7)9-14-13(4,5)6/h10-12,14H,8-9H2,1-7H3. The van der Waals surface area contributed by atoms with Crippen molar-refractivity contribution in [2.24, 2.45) is 11.8 Å². The van der Waals surface area contributed by atoms with E-state index in [2.05, 4.69) is 46.9 Å². The first-order valence-corrected chi connectivity index (χ1v) is 6.04. The van der Waals surface area contributed by atoms with Gasteiger partial charge in [0.2, 0.25) is 0 Å². The smallest absolute Gasteiger partial charge is 0.0546 e. The SMILES string of the molecule is COC(C)CC(CNC(C)(C)C)C(C)C. The summed E-state index contributed by atoms with van der Waals surface area (Å²) in [6.45, 7) is 14.4. The van der Waals surface area contributed by atoms with Gasteiger partial charge in [-0.05, 0) is 52.5 Å². The average molecular weight is 215 g/mol. The summed E-state index contributed by atoms with van der Waals surface area (Å²) in [5.74, 6) is 1.40. The van der Waals surface area contributed by atoms with E-state index in [0.29, 0.717) is 17.9 Å². The second-order valence-corrected chi connectivity index (χ2v) is 5.92. The Bertz CT molecular complexity index is 160. The van der Waals surface area contributed by atoms with Crippen LogP contribution in [0.4, 0.5) is 0 Å². The fourth-order valence-electron chi connectivity index (χ4n) is 1.55. The van der Waals surface area contributed by atoms with Crippen molar-refractivity contribution < 1.29 is 4.74 Å². The predicted molar refractivity (Wildman–Crippen MR) is 67.2 cm³/mol. The van der Waals surface area contributed by atoms with Crippen LogP contribution >= 0.6 is 0 Å². The van der Waals surface area contributed by atoms with Crippen LogP contribution in [0.15, 0.2) is 0 Å². The van der Waals surface area contributed by atoms with Crippen molar-refractivity contribution in [1.82, 2.24) is 5.32 Å². The maximum Gasteiger partial charge on any atom is 0.0546 e. The Morgan fingerprint density at radius 3 is 2.00 bits per heavy atom. The van der Waals surface area contributed by atoms with Crippen molar-refractivity contribution in [3.05, 3.63) is 0 Å². The van der Waals surface area contributed by atoms with E-state index in [1.165, 1.54) is 0 Å². The van der Waals surface area contributed by atoms with Crippen molar-refractivity contribution in [1.29, 1.82) is 0 Å². The van der Waals surface area contributed by atoms with Gasteiger partial charge in [-0.15, -0.1) is 0 Å². The summed E-state index contributed by atoms with van der Waals surface area (Å²) in [5, 5.41) is 3.58. The van der Waals surface area contributed by atoms with E-state index >= 15 is 0 Å². The number of nitrogens with one attached hydrogen (secondary N) is 1. The second kappa shape index (κ2) is 6.49. The second-order valence-electron chi connectivity index (χ2n) is 5.92. The number of hydrogen-bond donors (Lipinski definition) is 1. The first-order valence-electron chi connectivity index (χ1n) is 6.04. The molecule has 0 heterocycles. The summed E-state index contributed by atoms with van der Waals surface area (Å²) in [6.07, 6.45) is 1.50. The van der Waals surface area contributed by atoms with Gasteiger partial charge in [-0.1, -0.05) is 13.8 Å². The lowest BCUT2D eigenvalue weighted by Crippen LogP contribution is -2.41. The molecule has 0 saturated heterocycles. The summed E-state index contributed by atoms with van der Waals surface area (Å²) < 4.78 is 5.33. The molecule has 0 fully saturated rings. The van der Waals surface area contributed by atoms with Gasteiger partial charge in [0.15, 0.2) is 0 Å². The average Bonchev–Trinajstić information content (AvgIpc) is 2.09. The number of rotatable bonds is 6. The molecule has 0 aliphatic carbocycles. The zero-order valence-electron chi connectivity index (χ0n) is 11.6. The molecule has 0 amide bonds. The molecular formula is C13H29NO. The highest BCUT2D eigenvalue weighted by atomic mass is 16.5. The van der Waals surface area contributed by atoms with Gasteiger partial charge >= 0.3 is 0 Å². The Kier molecular flexibility index (Phi) is 6.46. The third-order valence-corrected chi connectivity index (χ3v) is 2.87. The molecule has 2 heteroatoms. The first kappa shape index (κ1) is 14.9. The zero-order chi connectivity index (χ0) is 12.1. The van der Waals surface area contributed by atoms with Crippen LogP contribution in [-0.4, -0.2) is 25.3 Å². The molecule has 2 nitrogen and oxygen atoms in total. The largest absolute Gasteiger partial charge is 0.382 e. The van der Waals surface area contributed by atoms with Crippen LogP contribution in [0.1, 0.15) is 48.0 Å². The number of hydrogen-bond acceptors (Lipinski definition) is 2. The molecule has 0 aromatic carbocycles. The lowest BCUT2D eigenvalue weighted by molar-refractivity contribution is 0.0848. The molecule has 0 spiro atoms. The minimum Gasteiger partial charge on any atom is -0.382 e. The van der Waals surface area contributed by atoms with Gasteiger partial charge in [0.1, 0.15) is 0 Å². The molecule has 0 aromatic rings. The molecule has 0 rings (SSSR count). The number of methoxy groups -OCH3 is 1. The normalized spacial score (nSPS) is 16.8. The lowest BCUT2D eigenvalue weighted by Gasteiger charge is -2.29. The molecule has 2 atom stereocenters. The van der Waals surface area contributed by atoms with E-state index < -0.39 is 0 Å². The summed E-state index contributed by atoms with van der Waals surface area (Å²) in [7, 11) is 1.79. The molecule has 92 valence electrons. The van der Waals surface area contributed by atoms with E-state index in [-0.39, 0.29) is 5.54 Å². The minimum absolute atomic E-state index is 0.212. The Morgan fingerprint density at radius 1 is 1.13 bits per heavy atom. The third-order valence-electron chi connectivity index (χ3n) is 2.87. The molecule has 0 radical (unpaired) electrons. The van der Waals surface area contributed by atoms with Gasteiger partial charge < -0.3 is 10.1 Å². The Balaban J connectivity index is 4.05. The van der Waals surface area contributed by atoms with Gasteiger partial charge in [-0.25, -0.2) is 0 Å². The first-order chi connectivity index (χ1) is 6.76. The molecule has 0 aromatic heterocycles. The van der Waals surface area contributed by atoms with Crippen LogP contribution in [0.2, 0.25) is 0 Å². The Morgan fingerprint density at radius 2 is 1.67 bits per heavy atom. The number of ether oxygens (including phenoxy) is 1. The van der Waals surface area contributed by atoms with Crippen LogP contribution < -0.4 is 5.32 Å². The van der Waals surface area contributed by atoms with E-state index in [1.807, 2.05) is 0 Å². The molecule has 0 aliphatic rings. The van der Waals surface area contributed by atoms with E-state index in [4.69, 9.17) is 4.74 Å². The minimum atomic E-state index is 0.212. The van der Waals surface area contributed by atoms with Crippen molar-refractivity contribution >= 4 is 0 Å². The molecule has 1 N–H and O–H groups in total. The van der Waals surface area contributed by atoms with Crippen LogP contribution in [0.25, 0.3) is 0 Å². The summed E-state index contributed by atoms with van der Waals surface area (Å²) in [6, 6.07) is 0. The lowest BCUT2D eigenvalue weighted by atomic mass is 9.89. The van der Waals surface area contributed by atoms with Crippen LogP contribution in [0.5, 0.6) is 0 Å². The summed E-state index contributed by atoms with van der Waals surface area (Å²) in [4.78, 5) is 0. The molecule has 0 bridgehead atoms. The van der Waals surface area contributed by atoms with Gasteiger partial charge in [0.25, 0.3) is 0 Å². The topological polar surface area (TPSA) is 21.3 Å². The monoisotopic (exact) mass is 215 g/mol. The van der Waals surface area contributed by atoms with Crippen molar-refractivity contribution in [3.63, 3.8) is 0 Å². The van der Waals surface area contributed by atoms with Crippen LogP contribution in [-0.2, 0) is 4.74 Å². The highest BCUT2D eigenvalue weighted by Crippen LogP contribution is 2.18. The zero-order valence-corrected chi connectivity index (χ0v) is 11.6. The third kappa shape index (κ3) is 7.80. The van der Waals surface area contributed by atoms with Gasteiger partial charge in [0.05, 0.1) is 6.10 Å². The fraction of sp³-hybridized carbons (Fsp3) is 1.00. The molecule has 0 saturated carbocycles. The van der Waals surface area contributed by atoms with Crippen LogP contribution in [0, 0.1) is 11.8 Å². The highest BCUT2D eigenvalue weighted by molar-refractivity contribution is 4.76.